The maximum atomic E-state index is 9.32. The molecule has 3 N–H and O–H groups in total. The Kier molecular flexibility index (Phi) is 5.13. The molecule has 122 valence electrons. The number of rotatable bonds is 5. The van der Waals surface area contributed by atoms with Gasteiger partial charge in [-0.05, 0) is 48.5 Å². The number of pyridine rings is 1. The van der Waals surface area contributed by atoms with Gasteiger partial charge < -0.3 is 15.6 Å². The second-order valence-corrected chi connectivity index (χ2v) is 6.54. The highest BCUT2D eigenvalue weighted by molar-refractivity contribution is 7.99. The van der Waals surface area contributed by atoms with Crippen molar-refractivity contribution in [2.75, 3.05) is 5.73 Å². The third-order valence-electron chi connectivity index (χ3n) is 3.21. The first kappa shape index (κ1) is 16.5. The molecule has 1 heterocycles. The van der Waals surface area contributed by atoms with Crippen molar-refractivity contribution in [3.05, 3.63) is 71.5 Å². The average Bonchev–Trinajstić information content (AvgIpc) is 2.57. The Morgan fingerprint density at radius 3 is 2.58 bits per heavy atom. The van der Waals surface area contributed by atoms with E-state index in [-0.39, 0.29) is 5.75 Å². The Labute approximate surface area is 149 Å². The molecule has 0 unspecified atom stereocenters. The molecule has 0 saturated heterocycles. The van der Waals surface area contributed by atoms with Crippen molar-refractivity contribution >= 4 is 29.1 Å². The van der Waals surface area contributed by atoms with Crippen molar-refractivity contribution in [3.63, 3.8) is 0 Å². The number of ether oxygens (including phenoxy) is 1. The molecule has 3 aromatic rings. The van der Waals surface area contributed by atoms with E-state index in [2.05, 4.69) is 4.98 Å². The van der Waals surface area contributed by atoms with Gasteiger partial charge in [0.15, 0.2) is 0 Å². The highest BCUT2D eigenvalue weighted by Gasteiger charge is 2.05. The molecule has 0 atom stereocenters. The van der Waals surface area contributed by atoms with Crippen LogP contribution in [0.25, 0.3) is 0 Å². The van der Waals surface area contributed by atoms with Gasteiger partial charge in [-0.3, -0.25) is 0 Å². The molecule has 0 fully saturated rings. The summed E-state index contributed by atoms with van der Waals surface area (Å²) in [5.74, 6) is 0.912. The number of nitrogens with two attached hydrogens (primary N) is 1. The van der Waals surface area contributed by atoms with Crippen LogP contribution in [0.15, 0.2) is 70.5 Å². The number of nitrogen functional groups attached to an aromatic ring is 1. The SMILES string of the molecule is Nc1cc(OCc2cccc(Cl)n2)ccc1Sc1ccc(O)cc1. The van der Waals surface area contributed by atoms with E-state index in [1.807, 2.05) is 36.4 Å². The Morgan fingerprint density at radius 2 is 1.88 bits per heavy atom. The van der Waals surface area contributed by atoms with Crippen molar-refractivity contribution in [3.8, 4) is 11.5 Å². The van der Waals surface area contributed by atoms with Crippen LogP contribution >= 0.6 is 23.4 Å². The molecule has 0 amide bonds. The summed E-state index contributed by atoms with van der Waals surface area (Å²) in [6, 6.07) is 17.9. The molecule has 4 nitrogen and oxygen atoms in total. The van der Waals surface area contributed by atoms with Gasteiger partial charge in [0.25, 0.3) is 0 Å². The van der Waals surface area contributed by atoms with Crippen LogP contribution in [0.4, 0.5) is 5.69 Å². The fourth-order valence-corrected chi connectivity index (χ4v) is 3.06. The lowest BCUT2D eigenvalue weighted by atomic mass is 10.3. The lowest BCUT2D eigenvalue weighted by Gasteiger charge is -2.10. The van der Waals surface area contributed by atoms with Crippen LogP contribution < -0.4 is 10.5 Å². The van der Waals surface area contributed by atoms with E-state index < -0.39 is 0 Å². The number of nitrogens with zero attached hydrogens (tertiary/aromatic N) is 1. The van der Waals surface area contributed by atoms with Gasteiger partial charge in [-0.25, -0.2) is 4.98 Å². The third-order valence-corrected chi connectivity index (χ3v) is 4.52. The molecular formula is C18H15ClN2O2S. The number of hydrogen-bond donors (Lipinski definition) is 2. The number of phenolic OH excluding ortho intramolecular Hbond substituents is 1. The molecule has 0 spiro atoms. The van der Waals surface area contributed by atoms with E-state index in [1.165, 1.54) is 11.8 Å². The van der Waals surface area contributed by atoms with Crippen LogP contribution in [-0.2, 0) is 6.61 Å². The van der Waals surface area contributed by atoms with Gasteiger partial charge in [0, 0.05) is 21.5 Å². The fourth-order valence-electron chi connectivity index (χ4n) is 2.04. The van der Waals surface area contributed by atoms with Gasteiger partial charge in [0.05, 0.1) is 5.69 Å². The highest BCUT2D eigenvalue weighted by Crippen LogP contribution is 2.34. The van der Waals surface area contributed by atoms with E-state index >= 15 is 0 Å². The van der Waals surface area contributed by atoms with Crippen molar-refractivity contribution in [2.24, 2.45) is 0 Å². The molecular weight excluding hydrogens is 344 g/mol. The average molecular weight is 359 g/mol. The molecule has 0 aliphatic heterocycles. The number of aromatic nitrogens is 1. The van der Waals surface area contributed by atoms with Gasteiger partial charge in [-0.2, -0.15) is 0 Å². The molecule has 0 aliphatic rings. The molecule has 0 aliphatic carbocycles. The van der Waals surface area contributed by atoms with Gasteiger partial charge in [-0.1, -0.05) is 29.4 Å². The van der Waals surface area contributed by atoms with Gasteiger partial charge in [-0.15, -0.1) is 0 Å². The second kappa shape index (κ2) is 7.47. The Morgan fingerprint density at radius 1 is 1.08 bits per heavy atom. The lowest BCUT2D eigenvalue weighted by molar-refractivity contribution is 0.301. The number of aromatic hydroxyl groups is 1. The van der Waals surface area contributed by atoms with Crippen LogP contribution in [0.2, 0.25) is 5.15 Å². The van der Waals surface area contributed by atoms with Gasteiger partial charge >= 0.3 is 0 Å². The van der Waals surface area contributed by atoms with Crippen molar-refractivity contribution < 1.29 is 9.84 Å². The summed E-state index contributed by atoms with van der Waals surface area (Å²) in [5, 5.41) is 9.76. The molecule has 24 heavy (non-hydrogen) atoms. The van der Waals surface area contributed by atoms with Crippen LogP contribution in [-0.4, -0.2) is 10.1 Å². The van der Waals surface area contributed by atoms with E-state index in [0.29, 0.717) is 23.2 Å². The first-order valence-electron chi connectivity index (χ1n) is 7.21. The maximum absolute atomic E-state index is 9.32. The summed E-state index contributed by atoms with van der Waals surface area (Å²) in [5.41, 5.74) is 7.49. The van der Waals surface area contributed by atoms with Gasteiger partial charge in [0.1, 0.15) is 23.3 Å². The summed E-state index contributed by atoms with van der Waals surface area (Å²) < 4.78 is 5.71. The van der Waals surface area contributed by atoms with Crippen LogP contribution in [0.3, 0.4) is 0 Å². The predicted octanol–water partition coefficient (Wildman–Crippen LogP) is 4.75. The minimum Gasteiger partial charge on any atom is -0.508 e. The molecule has 6 heteroatoms. The topological polar surface area (TPSA) is 68.4 Å². The zero-order chi connectivity index (χ0) is 16.9. The molecule has 0 bridgehead atoms. The zero-order valence-corrected chi connectivity index (χ0v) is 14.2. The minimum atomic E-state index is 0.241. The lowest BCUT2D eigenvalue weighted by Crippen LogP contribution is -1.99. The number of hydrogen-bond acceptors (Lipinski definition) is 5. The van der Waals surface area contributed by atoms with Gasteiger partial charge in [0.2, 0.25) is 0 Å². The Hall–Kier alpha value is -2.37. The predicted molar refractivity (Wildman–Crippen MR) is 96.7 cm³/mol. The second-order valence-electron chi connectivity index (χ2n) is 5.04. The first-order valence-corrected chi connectivity index (χ1v) is 8.40. The van der Waals surface area contributed by atoms with E-state index in [0.717, 1.165) is 15.5 Å². The highest BCUT2D eigenvalue weighted by atomic mass is 35.5. The van der Waals surface area contributed by atoms with Crippen molar-refractivity contribution in [1.29, 1.82) is 0 Å². The molecule has 1 aromatic heterocycles. The smallest absolute Gasteiger partial charge is 0.130 e. The monoisotopic (exact) mass is 358 g/mol. The van der Waals surface area contributed by atoms with Crippen LogP contribution in [0.5, 0.6) is 11.5 Å². The summed E-state index contributed by atoms with van der Waals surface area (Å²) in [6.07, 6.45) is 0. The fraction of sp³-hybridized carbons (Fsp3) is 0.0556. The van der Waals surface area contributed by atoms with E-state index in [1.54, 1.807) is 24.3 Å². The normalized spacial score (nSPS) is 10.5. The summed E-state index contributed by atoms with van der Waals surface area (Å²) in [6.45, 7) is 0.324. The number of anilines is 1. The van der Waals surface area contributed by atoms with Crippen LogP contribution in [0.1, 0.15) is 5.69 Å². The molecule has 3 rings (SSSR count). The molecule has 2 aromatic carbocycles. The standard InChI is InChI=1S/C18H15ClN2O2S/c19-18-3-1-2-12(21-18)11-23-14-6-9-17(16(20)10-14)24-15-7-4-13(22)5-8-15/h1-10,22H,11,20H2. The number of benzene rings is 2. The molecule has 0 saturated carbocycles. The first-order chi connectivity index (χ1) is 11.6. The zero-order valence-electron chi connectivity index (χ0n) is 12.6. The number of phenols is 1. The summed E-state index contributed by atoms with van der Waals surface area (Å²) in [7, 11) is 0. The number of halogens is 1. The Bertz CT molecular complexity index is 841. The summed E-state index contributed by atoms with van der Waals surface area (Å²) in [4.78, 5) is 6.10. The molecule has 0 radical (unpaired) electrons. The minimum absolute atomic E-state index is 0.241. The van der Waals surface area contributed by atoms with Crippen LogP contribution in [0, 0.1) is 0 Å². The van der Waals surface area contributed by atoms with Crippen molar-refractivity contribution in [2.45, 2.75) is 16.4 Å². The maximum Gasteiger partial charge on any atom is 0.130 e. The summed E-state index contributed by atoms with van der Waals surface area (Å²) >= 11 is 7.38. The largest absolute Gasteiger partial charge is 0.508 e. The Balaban J connectivity index is 1.67. The quantitative estimate of drug-likeness (QED) is 0.508. The third kappa shape index (κ3) is 4.34. The van der Waals surface area contributed by atoms with Crippen molar-refractivity contribution in [1.82, 2.24) is 4.98 Å². The van der Waals surface area contributed by atoms with E-state index in [9.17, 15) is 5.11 Å². The van der Waals surface area contributed by atoms with E-state index in [4.69, 9.17) is 22.1 Å².